The summed E-state index contributed by atoms with van der Waals surface area (Å²) in [5.41, 5.74) is 2.70. The number of hydrogen-bond donors (Lipinski definition) is 0. The van der Waals surface area contributed by atoms with Crippen LogP contribution in [-0.2, 0) is 11.3 Å². The van der Waals surface area contributed by atoms with Gasteiger partial charge in [-0.1, -0.05) is 60.2 Å². The predicted molar refractivity (Wildman–Crippen MR) is 129 cm³/mol. The van der Waals surface area contributed by atoms with E-state index in [0.29, 0.717) is 29.9 Å². The molecule has 0 heterocycles. The number of carbonyl (C=O) groups is 1. The topological polar surface area (TPSA) is 35.5 Å². The van der Waals surface area contributed by atoms with Crippen LogP contribution in [0.5, 0.6) is 5.75 Å². The molecule has 4 rings (SSSR count). The van der Waals surface area contributed by atoms with Crippen molar-refractivity contribution in [2.75, 3.05) is 6.61 Å². The molecule has 6 heteroatoms. The van der Waals surface area contributed by atoms with Crippen LogP contribution >= 0.6 is 0 Å². The molecular formula is C29H23F3O3. The summed E-state index contributed by atoms with van der Waals surface area (Å²) >= 11 is 0. The molecule has 0 aromatic heterocycles. The SMILES string of the molecule is CCOCc1ccc(-c2ccc(OC(=O)c3ccc(-c4ccc(C)cc4)c(F)c3F)cc2)c(F)c1. The van der Waals surface area contributed by atoms with E-state index in [2.05, 4.69) is 0 Å². The van der Waals surface area contributed by atoms with Crippen LogP contribution < -0.4 is 4.74 Å². The lowest BCUT2D eigenvalue weighted by Gasteiger charge is -2.10. The first-order chi connectivity index (χ1) is 16.9. The highest BCUT2D eigenvalue weighted by molar-refractivity contribution is 5.92. The normalized spacial score (nSPS) is 10.9. The Morgan fingerprint density at radius 2 is 1.40 bits per heavy atom. The molecule has 0 aliphatic carbocycles. The molecule has 3 nitrogen and oxygen atoms in total. The summed E-state index contributed by atoms with van der Waals surface area (Å²) in [7, 11) is 0. The van der Waals surface area contributed by atoms with Crippen LogP contribution in [0.25, 0.3) is 22.3 Å². The Hall–Kier alpha value is -3.90. The van der Waals surface area contributed by atoms with Crippen molar-refractivity contribution in [2.45, 2.75) is 20.5 Å². The highest BCUT2D eigenvalue weighted by atomic mass is 19.2. The Labute approximate surface area is 201 Å². The zero-order chi connectivity index (χ0) is 24.9. The minimum Gasteiger partial charge on any atom is -0.423 e. The third-order valence-corrected chi connectivity index (χ3v) is 5.55. The van der Waals surface area contributed by atoms with Crippen molar-refractivity contribution in [2.24, 2.45) is 0 Å². The predicted octanol–water partition coefficient (Wildman–Crippen LogP) is 7.50. The van der Waals surface area contributed by atoms with E-state index in [1.165, 1.54) is 30.3 Å². The number of carbonyl (C=O) groups excluding carboxylic acids is 1. The van der Waals surface area contributed by atoms with Crippen molar-refractivity contribution in [1.29, 1.82) is 0 Å². The number of ether oxygens (including phenoxy) is 2. The van der Waals surface area contributed by atoms with Crippen LogP contribution in [0.1, 0.15) is 28.4 Å². The molecule has 0 fully saturated rings. The van der Waals surface area contributed by atoms with E-state index < -0.39 is 29.0 Å². The molecule has 0 bridgehead atoms. The first kappa shape index (κ1) is 24.2. The van der Waals surface area contributed by atoms with E-state index in [4.69, 9.17) is 9.47 Å². The number of aryl methyl sites for hydroxylation is 1. The Kier molecular flexibility index (Phi) is 7.32. The molecule has 0 saturated heterocycles. The largest absolute Gasteiger partial charge is 0.423 e. The fraction of sp³-hybridized carbons (Fsp3) is 0.138. The van der Waals surface area contributed by atoms with Gasteiger partial charge in [-0.3, -0.25) is 0 Å². The van der Waals surface area contributed by atoms with E-state index >= 15 is 0 Å². The first-order valence-corrected chi connectivity index (χ1v) is 11.1. The molecule has 0 spiro atoms. The van der Waals surface area contributed by atoms with Crippen molar-refractivity contribution in [1.82, 2.24) is 0 Å². The number of benzene rings is 4. The summed E-state index contributed by atoms with van der Waals surface area (Å²) < 4.78 is 54.4. The Morgan fingerprint density at radius 1 is 0.771 bits per heavy atom. The van der Waals surface area contributed by atoms with Crippen LogP contribution in [0, 0.1) is 24.4 Å². The standard InChI is InChI=1S/C29H23F3O3/c1-3-34-17-19-6-13-23(26(30)16-19)20-9-11-22(12-10-20)35-29(33)25-15-14-24(27(31)28(25)32)21-7-4-18(2)5-8-21/h4-16H,3,17H2,1-2H3. The van der Waals surface area contributed by atoms with Crippen molar-refractivity contribution in [3.8, 4) is 28.0 Å². The fourth-order valence-electron chi connectivity index (χ4n) is 3.63. The van der Waals surface area contributed by atoms with Gasteiger partial charge in [-0.25, -0.2) is 18.0 Å². The van der Waals surface area contributed by atoms with Crippen LogP contribution in [0.2, 0.25) is 0 Å². The second kappa shape index (κ2) is 10.6. The van der Waals surface area contributed by atoms with Crippen molar-refractivity contribution in [3.05, 3.63) is 113 Å². The third-order valence-electron chi connectivity index (χ3n) is 5.55. The van der Waals surface area contributed by atoms with Gasteiger partial charge in [-0.2, -0.15) is 0 Å². The Morgan fingerprint density at radius 3 is 2.06 bits per heavy atom. The monoisotopic (exact) mass is 476 g/mol. The van der Waals surface area contributed by atoms with E-state index in [1.54, 1.807) is 48.5 Å². The van der Waals surface area contributed by atoms with Crippen molar-refractivity contribution >= 4 is 5.97 Å². The molecule has 4 aromatic rings. The summed E-state index contributed by atoms with van der Waals surface area (Å²) in [6, 6.07) is 20.4. The van der Waals surface area contributed by atoms with Gasteiger partial charge in [0.25, 0.3) is 0 Å². The minimum atomic E-state index is -1.28. The molecule has 0 unspecified atom stereocenters. The summed E-state index contributed by atoms with van der Waals surface area (Å²) in [4.78, 5) is 12.5. The zero-order valence-electron chi connectivity index (χ0n) is 19.3. The maximum absolute atomic E-state index is 14.7. The van der Waals surface area contributed by atoms with E-state index in [0.717, 1.165) is 11.1 Å². The van der Waals surface area contributed by atoms with E-state index in [9.17, 15) is 18.0 Å². The highest BCUT2D eigenvalue weighted by Gasteiger charge is 2.21. The Balaban J connectivity index is 1.50. The lowest BCUT2D eigenvalue weighted by atomic mass is 10.0. The number of rotatable bonds is 7. The van der Waals surface area contributed by atoms with Crippen LogP contribution in [0.15, 0.2) is 78.9 Å². The number of esters is 1. The molecule has 0 saturated carbocycles. The van der Waals surface area contributed by atoms with Crippen LogP contribution in [-0.4, -0.2) is 12.6 Å². The second-order valence-electron chi connectivity index (χ2n) is 8.02. The second-order valence-corrected chi connectivity index (χ2v) is 8.02. The van der Waals surface area contributed by atoms with Gasteiger partial charge < -0.3 is 9.47 Å². The third kappa shape index (κ3) is 5.44. The van der Waals surface area contributed by atoms with Gasteiger partial charge in [0.15, 0.2) is 11.6 Å². The van der Waals surface area contributed by atoms with Gasteiger partial charge in [-0.05, 0) is 54.8 Å². The van der Waals surface area contributed by atoms with Gasteiger partial charge in [0.05, 0.1) is 12.2 Å². The van der Waals surface area contributed by atoms with Crippen molar-refractivity contribution in [3.63, 3.8) is 0 Å². The summed E-state index contributed by atoms with van der Waals surface area (Å²) in [6.07, 6.45) is 0. The molecule has 35 heavy (non-hydrogen) atoms. The molecule has 0 radical (unpaired) electrons. The molecular weight excluding hydrogens is 453 g/mol. The average Bonchev–Trinajstić information content (AvgIpc) is 2.85. The van der Waals surface area contributed by atoms with E-state index in [1.807, 2.05) is 13.8 Å². The summed E-state index contributed by atoms with van der Waals surface area (Å²) in [6.45, 7) is 4.62. The molecule has 4 aromatic carbocycles. The molecule has 0 N–H and O–H groups in total. The number of hydrogen-bond acceptors (Lipinski definition) is 3. The van der Waals surface area contributed by atoms with Gasteiger partial charge in [0.2, 0.25) is 0 Å². The maximum Gasteiger partial charge on any atom is 0.346 e. The molecule has 0 aliphatic rings. The molecule has 0 amide bonds. The van der Waals surface area contributed by atoms with Crippen LogP contribution in [0.3, 0.4) is 0 Å². The molecule has 0 atom stereocenters. The van der Waals surface area contributed by atoms with Gasteiger partial charge in [0.1, 0.15) is 11.6 Å². The van der Waals surface area contributed by atoms with Gasteiger partial charge in [-0.15, -0.1) is 0 Å². The quantitative estimate of drug-likeness (QED) is 0.205. The zero-order valence-corrected chi connectivity index (χ0v) is 19.3. The summed E-state index contributed by atoms with van der Waals surface area (Å²) in [5, 5.41) is 0. The van der Waals surface area contributed by atoms with Crippen molar-refractivity contribution < 1.29 is 27.4 Å². The molecule has 178 valence electrons. The molecule has 0 aliphatic heterocycles. The first-order valence-electron chi connectivity index (χ1n) is 11.1. The van der Waals surface area contributed by atoms with Crippen LogP contribution in [0.4, 0.5) is 13.2 Å². The smallest absolute Gasteiger partial charge is 0.346 e. The minimum absolute atomic E-state index is 0.0534. The lowest BCUT2D eigenvalue weighted by molar-refractivity contribution is 0.0728. The lowest BCUT2D eigenvalue weighted by Crippen LogP contribution is -2.12. The van der Waals surface area contributed by atoms with Gasteiger partial charge >= 0.3 is 5.97 Å². The summed E-state index contributed by atoms with van der Waals surface area (Å²) in [5.74, 6) is -3.72. The highest BCUT2D eigenvalue weighted by Crippen LogP contribution is 2.29. The number of halogens is 3. The Bertz CT molecular complexity index is 1350. The van der Waals surface area contributed by atoms with E-state index in [-0.39, 0.29) is 11.3 Å². The average molecular weight is 476 g/mol. The van der Waals surface area contributed by atoms with Gasteiger partial charge in [0, 0.05) is 17.7 Å². The fourth-order valence-corrected chi connectivity index (χ4v) is 3.63. The maximum atomic E-state index is 14.7.